The number of hydrogen-bond acceptors (Lipinski definition) is 4. The van der Waals surface area contributed by atoms with Gasteiger partial charge in [-0.3, -0.25) is 4.79 Å². The normalized spacial score (nSPS) is 11.2. The van der Waals surface area contributed by atoms with Crippen LogP contribution in [-0.2, 0) is 0 Å². The largest absolute Gasteiger partial charge is 0.497 e. The lowest BCUT2D eigenvalue weighted by Crippen LogP contribution is -2.08. The summed E-state index contributed by atoms with van der Waals surface area (Å²) in [5.74, 6) is 0.756. The summed E-state index contributed by atoms with van der Waals surface area (Å²) in [5, 5.41) is 0. The molecule has 0 heterocycles. The zero-order valence-corrected chi connectivity index (χ0v) is 15.6. The Kier molecular flexibility index (Phi) is 6.30. The van der Waals surface area contributed by atoms with Gasteiger partial charge in [-0.05, 0) is 30.3 Å². The molecular weight excluding hydrogens is 374 g/mol. The van der Waals surface area contributed by atoms with E-state index < -0.39 is 0 Å². The maximum absolute atomic E-state index is 12.9. The number of nitrogens with zero attached hydrogens (tertiary/aromatic N) is 1. The Morgan fingerprint density at radius 2 is 1.91 bits per heavy atom. The molecule has 0 fully saturated rings. The van der Waals surface area contributed by atoms with Crippen molar-refractivity contribution in [2.45, 2.75) is 4.90 Å². The predicted octanol–water partition coefficient (Wildman–Crippen LogP) is 4.84. The number of carbonyl (C=O) groups excluding carboxylic acids is 1. The number of halogens is 1. The zero-order valence-electron chi connectivity index (χ0n) is 13.2. The molecule has 3 nitrogen and oxygen atoms in total. The summed E-state index contributed by atoms with van der Waals surface area (Å²) in [4.78, 5) is 16.4. The van der Waals surface area contributed by atoms with Crippen LogP contribution >= 0.6 is 27.7 Å². The molecule has 0 spiro atoms. The Hall–Kier alpha value is -1.72. The zero-order chi connectivity index (χ0) is 16.8. The first kappa shape index (κ1) is 17.6. The van der Waals surface area contributed by atoms with Crippen molar-refractivity contribution < 1.29 is 9.53 Å². The smallest absolute Gasteiger partial charge is 0.202 e. The number of hydrogen-bond donors (Lipinski definition) is 0. The minimum atomic E-state index is -0.0148. The van der Waals surface area contributed by atoms with E-state index >= 15 is 0 Å². The van der Waals surface area contributed by atoms with E-state index in [4.69, 9.17) is 4.74 Å². The minimum Gasteiger partial charge on any atom is -0.497 e. The van der Waals surface area contributed by atoms with Gasteiger partial charge in [-0.15, -0.1) is 0 Å². The van der Waals surface area contributed by atoms with Gasteiger partial charge in [0.15, 0.2) is 0 Å². The third kappa shape index (κ3) is 4.88. The molecule has 0 saturated heterocycles. The highest BCUT2D eigenvalue weighted by molar-refractivity contribution is 9.10. The molecule has 0 bridgehead atoms. The highest BCUT2D eigenvalue weighted by Crippen LogP contribution is 2.33. The molecule has 0 aliphatic heterocycles. The number of benzene rings is 2. The van der Waals surface area contributed by atoms with E-state index in [1.54, 1.807) is 7.11 Å². The summed E-state index contributed by atoms with van der Waals surface area (Å²) < 4.78 is 6.04. The van der Waals surface area contributed by atoms with E-state index in [-0.39, 0.29) is 5.78 Å². The molecule has 2 aromatic carbocycles. The Balaban J connectivity index is 2.34. The monoisotopic (exact) mass is 391 g/mol. The molecule has 23 heavy (non-hydrogen) atoms. The van der Waals surface area contributed by atoms with E-state index in [9.17, 15) is 4.79 Å². The van der Waals surface area contributed by atoms with Gasteiger partial charge in [0.05, 0.1) is 12.0 Å². The van der Waals surface area contributed by atoms with E-state index in [0.717, 1.165) is 15.1 Å². The third-order valence-electron chi connectivity index (χ3n) is 2.99. The van der Waals surface area contributed by atoms with Gasteiger partial charge in [0.2, 0.25) is 5.78 Å². The molecule has 0 N–H and O–H groups in total. The Bertz CT molecular complexity index is 728. The maximum Gasteiger partial charge on any atom is 0.202 e. The fraction of sp³-hybridized carbons (Fsp3) is 0.167. The molecule has 0 unspecified atom stereocenters. The van der Waals surface area contributed by atoms with Gasteiger partial charge in [0.1, 0.15) is 5.75 Å². The van der Waals surface area contributed by atoms with Crippen molar-refractivity contribution in [2.24, 2.45) is 0 Å². The third-order valence-corrected chi connectivity index (χ3v) is 4.68. The van der Waals surface area contributed by atoms with Gasteiger partial charge >= 0.3 is 0 Å². The Morgan fingerprint density at radius 1 is 1.17 bits per heavy atom. The molecule has 0 saturated carbocycles. The summed E-state index contributed by atoms with van der Waals surface area (Å²) in [6, 6.07) is 15.1. The van der Waals surface area contributed by atoms with Crippen LogP contribution in [0.5, 0.6) is 5.75 Å². The van der Waals surface area contributed by atoms with Crippen molar-refractivity contribution in [1.29, 1.82) is 0 Å². The van der Waals surface area contributed by atoms with Gasteiger partial charge in [0.25, 0.3) is 0 Å². The quantitative estimate of drug-likeness (QED) is 0.400. The highest BCUT2D eigenvalue weighted by Gasteiger charge is 2.17. The van der Waals surface area contributed by atoms with Crippen LogP contribution in [0.4, 0.5) is 0 Å². The Morgan fingerprint density at radius 3 is 2.57 bits per heavy atom. The lowest BCUT2D eigenvalue weighted by Gasteiger charge is -2.12. The van der Waals surface area contributed by atoms with Crippen molar-refractivity contribution in [3.05, 3.63) is 69.7 Å². The Labute approximate surface area is 149 Å². The van der Waals surface area contributed by atoms with Crippen LogP contribution < -0.4 is 4.74 Å². The fourth-order valence-corrected chi connectivity index (χ4v) is 3.44. The van der Waals surface area contributed by atoms with Crippen LogP contribution in [0, 0.1) is 0 Å². The number of thioether (sulfide) groups is 1. The first-order valence-electron chi connectivity index (χ1n) is 7.00. The van der Waals surface area contributed by atoms with Crippen LogP contribution in [0.3, 0.4) is 0 Å². The first-order valence-corrected chi connectivity index (χ1v) is 8.61. The number of Topliss-reactive ketones (excluding diaryl/α,β-unsaturated/α-hetero) is 1. The lowest BCUT2D eigenvalue weighted by atomic mass is 10.1. The lowest BCUT2D eigenvalue weighted by molar-refractivity contribution is 0.104. The summed E-state index contributed by atoms with van der Waals surface area (Å²) >= 11 is 4.88. The summed E-state index contributed by atoms with van der Waals surface area (Å²) in [6.45, 7) is 0. The first-order chi connectivity index (χ1) is 11.0. The van der Waals surface area contributed by atoms with Crippen LogP contribution in [0.2, 0.25) is 0 Å². The highest BCUT2D eigenvalue weighted by atomic mass is 79.9. The van der Waals surface area contributed by atoms with Crippen molar-refractivity contribution in [2.75, 3.05) is 21.2 Å². The van der Waals surface area contributed by atoms with E-state index in [1.807, 2.05) is 73.7 Å². The van der Waals surface area contributed by atoms with Crippen molar-refractivity contribution in [3.8, 4) is 5.75 Å². The molecule has 5 heteroatoms. The summed E-state index contributed by atoms with van der Waals surface area (Å²) in [6.07, 6.45) is 1.84. The molecule has 2 aromatic rings. The van der Waals surface area contributed by atoms with E-state index in [2.05, 4.69) is 15.9 Å². The van der Waals surface area contributed by atoms with Crippen molar-refractivity contribution in [1.82, 2.24) is 4.90 Å². The van der Waals surface area contributed by atoms with Crippen LogP contribution in [0.15, 0.2) is 69.0 Å². The second-order valence-electron chi connectivity index (χ2n) is 5.05. The molecular formula is C18H18BrNO2S. The number of ether oxygens (including phenoxy) is 1. The SMILES string of the molecule is COc1cccc(S/C(=C\N(C)C)C(=O)c2ccccc2Br)c1. The molecule has 2 rings (SSSR count). The molecule has 0 aromatic heterocycles. The second kappa shape index (κ2) is 8.22. The average Bonchev–Trinajstić information content (AvgIpc) is 2.54. The number of ketones is 1. The molecule has 0 amide bonds. The fourth-order valence-electron chi connectivity index (χ4n) is 1.94. The van der Waals surface area contributed by atoms with Gasteiger partial charge in [0, 0.05) is 35.2 Å². The summed E-state index contributed by atoms with van der Waals surface area (Å²) in [5.41, 5.74) is 0.649. The van der Waals surface area contributed by atoms with E-state index in [0.29, 0.717) is 10.5 Å². The second-order valence-corrected chi connectivity index (χ2v) is 7.02. The van der Waals surface area contributed by atoms with Crippen LogP contribution in [0.25, 0.3) is 0 Å². The maximum atomic E-state index is 12.9. The number of rotatable bonds is 6. The predicted molar refractivity (Wildman–Crippen MR) is 99.1 cm³/mol. The van der Waals surface area contributed by atoms with Crippen molar-refractivity contribution >= 4 is 33.5 Å². The van der Waals surface area contributed by atoms with Crippen LogP contribution in [-0.4, -0.2) is 31.9 Å². The molecule has 0 aliphatic carbocycles. The van der Waals surface area contributed by atoms with Gasteiger partial charge in [-0.1, -0.05) is 45.9 Å². The van der Waals surface area contributed by atoms with Crippen LogP contribution in [0.1, 0.15) is 10.4 Å². The molecule has 0 atom stereocenters. The number of carbonyl (C=O) groups is 1. The summed E-state index contributed by atoms with van der Waals surface area (Å²) in [7, 11) is 5.44. The van der Waals surface area contributed by atoms with E-state index in [1.165, 1.54) is 11.8 Å². The average molecular weight is 392 g/mol. The van der Waals surface area contributed by atoms with Gasteiger partial charge in [-0.25, -0.2) is 0 Å². The standard InChI is InChI=1S/C18H18BrNO2S/c1-20(2)12-17(18(21)15-9-4-5-10-16(15)19)23-14-8-6-7-13(11-14)22-3/h4-12H,1-3H3/b17-12-. The molecule has 0 aliphatic rings. The van der Waals surface area contributed by atoms with Crippen molar-refractivity contribution in [3.63, 3.8) is 0 Å². The number of allylic oxidation sites excluding steroid dienone is 1. The number of methoxy groups -OCH3 is 1. The molecule has 0 radical (unpaired) electrons. The van der Waals surface area contributed by atoms with Gasteiger partial charge < -0.3 is 9.64 Å². The molecule has 120 valence electrons. The minimum absolute atomic E-state index is 0.0148. The topological polar surface area (TPSA) is 29.5 Å². The van der Waals surface area contributed by atoms with Gasteiger partial charge in [-0.2, -0.15) is 0 Å².